The van der Waals surface area contributed by atoms with E-state index in [9.17, 15) is 26.3 Å². The zero-order valence-corrected chi connectivity index (χ0v) is 8.15. The number of benzene rings is 1. The van der Waals surface area contributed by atoms with Crippen LogP contribution in [0, 0.1) is 0 Å². The van der Waals surface area contributed by atoms with Crippen LogP contribution in [0.3, 0.4) is 0 Å². The fourth-order valence-electron chi connectivity index (χ4n) is 1.36. The van der Waals surface area contributed by atoms with Gasteiger partial charge in [0.05, 0.1) is 17.7 Å². The van der Waals surface area contributed by atoms with E-state index in [1.807, 2.05) is 0 Å². The van der Waals surface area contributed by atoms with E-state index in [0.717, 1.165) is 0 Å². The van der Waals surface area contributed by atoms with E-state index in [1.54, 1.807) is 0 Å². The maximum Gasteiger partial charge on any atom is 0.418 e. The minimum Gasteiger partial charge on any atom is -0.398 e. The van der Waals surface area contributed by atoms with Gasteiger partial charge in [-0.2, -0.15) is 26.3 Å². The molecule has 0 spiro atoms. The first-order chi connectivity index (χ1) is 7.57. The van der Waals surface area contributed by atoms with Gasteiger partial charge in [0, 0.05) is 5.69 Å². The molecule has 1 aromatic carbocycles. The number of nitrogen functional groups attached to an aromatic ring is 1. The average Bonchev–Trinajstić information content (AvgIpc) is 2.12. The summed E-state index contributed by atoms with van der Waals surface area (Å²) in [4.78, 5) is 0. The first kappa shape index (κ1) is 13.6. The SMILES string of the molecule is Nc1cc(C(F)(F)F)cc(CO)c1C(F)(F)F. The molecule has 0 aliphatic carbocycles. The lowest BCUT2D eigenvalue weighted by molar-refractivity contribution is -0.141. The third-order valence-electron chi connectivity index (χ3n) is 2.03. The quantitative estimate of drug-likeness (QED) is 0.601. The van der Waals surface area contributed by atoms with Crippen LogP contribution in [-0.2, 0) is 19.0 Å². The van der Waals surface area contributed by atoms with Crippen LogP contribution in [0.25, 0.3) is 0 Å². The number of rotatable bonds is 1. The highest BCUT2D eigenvalue weighted by molar-refractivity contribution is 5.55. The molecule has 96 valence electrons. The van der Waals surface area contributed by atoms with E-state index < -0.39 is 41.3 Å². The normalized spacial score (nSPS) is 12.9. The van der Waals surface area contributed by atoms with Crippen molar-refractivity contribution in [3.63, 3.8) is 0 Å². The predicted molar refractivity (Wildman–Crippen MR) is 46.8 cm³/mol. The van der Waals surface area contributed by atoms with E-state index >= 15 is 0 Å². The van der Waals surface area contributed by atoms with Gasteiger partial charge in [-0.05, 0) is 17.7 Å². The smallest absolute Gasteiger partial charge is 0.398 e. The molecule has 0 unspecified atom stereocenters. The molecular formula is C9H7F6NO. The second-order valence-electron chi connectivity index (χ2n) is 3.25. The summed E-state index contributed by atoms with van der Waals surface area (Å²) >= 11 is 0. The first-order valence-electron chi connectivity index (χ1n) is 4.25. The second-order valence-corrected chi connectivity index (χ2v) is 3.25. The van der Waals surface area contributed by atoms with Crippen LogP contribution in [0.5, 0.6) is 0 Å². The molecule has 0 bridgehead atoms. The summed E-state index contributed by atoms with van der Waals surface area (Å²) in [5, 5.41) is 8.67. The minimum atomic E-state index is -4.91. The second kappa shape index (κ2) is 4.10. The van der Waals surface area contributed by atoms with Gasteiger partial charge in [0.2, 0.25) is 0 Å². The lowest BCUT2D eigenvalue weighted by Gasteiger charge is -2.17. The van der Waals surface area contributed by atoms with Crippen molar-refractivity contribution >= 4 is 5.69 Å². The van der Waals surface area contributed by atoms with Crippen LogP contribution in [-0.4, -0.2) is 5.11 Å². The number of nitrogens with two attached hydrogens (primary N) is 1. The van der Waals surface area contributed by atoms with Gasteiger partial charge in [0.1, 0.15) is 0 Å². The number of aliphatic hydroxyl groups is 1. The molecule has 17 heavy (non-hydrogen) atoms. The highest BCUT2D eigenvalue weighted by atomic mass is 19.4. The molecule has 0 fully saturated rings. The number of alkyl halides is 6. The molecule has 0 saturated carbocycles. The topological polar surface area (TPSA) is 46.2 Å². The molecule has 0 amide bonds. The van der Waals surface area contributed by atoms with Crippen molar-refractivity contribution in [3.05, 3.63) is 28.8 Å². The van der Waals surface area contributed by atoms with E-state index in [0.29, 0.717) is 0 Å². The predicted octanol–water partition coefficient (Wildman–Crippen LogP) is 2.80. The van der Waals surface area contributed by atoms with Crippen LogP contribution >= 0.6 is 0 Å². The number of halogens is 6. The van der Waals surface area contributed by atoms with E-state index in [-0.39, 0.29) is 12.1 Å². The van der Waals surface area contributed by atoms with Crippen molar-refractivity contribution in [3.8, 4) is 0 Å². The molecule has 8 heteroatoms. The summed E-state index contributed by atoms with van der Waals surface area (Å²) in [5.41, 5.74) is 0.228. The summed E-state index contributed by atoms with van der Waals surface area (Å²) < 4.78 is 74.2. The lowest BCUT2D eigenvalue weighted by Crippen LogP contribution is -2.16. The van der Waals surface area contributed by atoms with Gasteiger partial charge in [-0.3, -0.25) is 0 Å². The molecule has 2 nitrogen and oxygen atoms in total. The van der Waals surface area contributed by atoms with Crippen LogP contribution in [0.4, 0.5) is 32.0 Å². The Labute approximate surface area is 91.7 Å². The van der Waals surface area contributed by atoms with Crippen molar-refractivity contribution < 1.29 is 31.4 Å². The molecular weight excluding hydrogens is 252 g/mol. The molecule has 0 saturated heterocycles. The molecule has 0 radical (unpaired) electrons. The summed E-state index contributed by atoms with van der Waals surface area (Å²) in [6, 6.07) is 0.432. The van der Waals surface area contributed by atoms with Gasteiger partial charge in [0.25, 0.3) is 0 Å². The van der Waals surface area contributed by atoms with Crippen molar-refractivity contribution in [2.24, 2.45) is 0 Å². The Morgan fingerprint density at radius 1 is 1.00 bits per heavy atom. The molecule has 1 aromatic rings. The third kappa shape index (κ3) is 2.82. The highest BCUT2D eigenvalue weighted by Gasteiger charge is 2.39. The van der Waals surface area contributed by atoms with Crippen LogP contribution in [0.2, 0.25) is 0 Å². The number of anilines is 1. The monoisotopic (exact) mass is 259 g/mol. The third-order valence-corrected chi connectivity index (χ3v) is 2.03. The Hall–Kier alpha value is -1.44. The van der Waals surface area contributed by atoms with Gasteiger partial charge >= 0.3 is 12.4 Å². The van der Waals surface area contributed by atoms with E-state index in [1.165, 1.54) is 0 Å². The van der Waals surface area contributed by atoms with Gasteiger partial charge in [0.15, 0.2) is 0 Å². The van der Waals surface area contributed by atoms with Crippen LogP contribution in [0.1, 0.15) is 16.7 Å². The lowest BCUT2D eigenvalue weighted by atomic mass is 10.0. The van der Waals surface area contributed by atoms with Crippen molar-refractivity contribution in [2.45, 2.75) is 19.0 Å². The zero-order chi connectivity index (χ0) is 13.4. The fraction of sp³-hybridized carbons (Fsp3) is 0.333. The molecule has 3 N–H and O–H groups in total. The average molecular weight is 259 g/mol. The Morgan fingerprint density at radius 3 is 1.88 bits per heavy atom. The Bertz CT molecular complexity index is 423. The Morgan fingerprint density at radius 2 is 1.53 bits per heavy atom. The summed E-state index contributed by atoms with van der Waals surface area (Å²) in [6.45, 7) is -1.18. The number of aliphatic hydroxyl groups excluding tert-OH is 1. The number of hydrogen-bond donors (Lipinski definition) is 2. The van der Waals surface area contributed by atoms with Gasteiger partial charge in [-0.15, -0.1) is 0 Å². The first-order valence-corrected chi connectivity index (χ1v) is 4.25. The summed E-state index contributed by atoms with van der Waals surface area (Å²) in [5.74, 6) is 0. The minimum absolute atomic E-state index is 0.196. The maximum absolute atomic E-state index is 12.5. The van der Waals surface area contributed by atoms with Gasteiger partial charge < -0.3 is 10.8 Å². The highest BCUT2D eigenvalue weighted by Crippen LogP contribution is 2.40. The van der Waals surface area contributed by atoms with Crippen molar-refractivity contribution in [1.82, 2.24) is 0 Å². The molecule has 0 aliphatic heterocycles. The van der Waals surface area contributed by atoms with Crippen LogP contribution < -0.4 is 5.73 Å². The number of hydrogen-bond acceptors (Lipinski definition) is 2. The largest absolute Gasteiger partial charge is 0.418 e. The standard InChI is InChI=1S/C9H7F6NO/c10-8(11,12)5-1-4(3-17)7(6(16)2-5)9(13,14)15/h1-2,17H,3,16H2. The zero-order valence-electron chi connectivity index (χ0n) is 8.15. The van der Waals surface area contributed by atoms with Gasteiger partial charge in [-0.1, -0.05) is 0 Å². The van der Waals surface area contributed by atoms with E-state index in [4.69, 9.17) is 10.8 Å². The fourth-order valence-corrected chi connectivity index (χ4v) is 1.36. The van der Waals surface area contributed by atoms with Crippen molar-refractivity contribution in [1.29, 1.82) is 0 Å². The molecule has 1 rings (SSSR count). The Balaban J connectivity index is 3.47. The van der Waals surface area contributed by atoms with Gasteiger partial charge in [-0.25, -0.2) is 0 Å². The molecule has 0 aromatic heterocycles. The molecule has 0 aliphatic rings. The Kier molecular flexibility index (Phi) is 3.28. The summed E-state index contributed by atoms with van der Waals surface area (Å²) in [6.07, 6.45) is -9.73. The van der Waals surface area contributed by atoms with Crippen molar-refractivity contribution in [2.75, 3.05) is 5.73 Å². The summed E-state index contributed by atoms with van der Waals surface area (Å²) in [7, 11) is 0. The van der Waals surface area contributed by atoms with E-state index in [2.05, 4.69) is 0 Å². The molecule has 0 heterocycles. The maximum atomic E-state index is 12.5. The molecule has 0 atom stereocenters. The van der Waals surface area contributed by atoms with Crippen LogP contribution in [0.15, 0.2) is 12.1 Å².